The summed E-state index contributed by atoms with van der Waals surface area (Å²) in [6.07, 6.45) is 3.40. The summed E-state index contributed by atoms with van der Waals surface area (Å²) in [5.41, 5.74) is 0. The van der Waals surface area contributed by atoms with Crippen LogP contribution >= 0.6 is 22.7 Å². The summed E-state index contributed by atoms with van der Waals surface area (Å²) in [6.45, 7) is 0.602. The van der Waals surface area contributed by atoms with Crippen LogP contribution in [0.15, 0.2) is 41.1 Å². The predicted molar refractivity (Wildman–Crippen MR) is 69.5 cm³/mol. The Hall–Kier alpha value is -1.39. The van der Waals surface area contributed by atoms with Crippen molar-refractivity contribution in [3.63, 3.8) is 0 Å². The lowest BCUT2D eigenvalue weighted by Crippen LogP contribution is -2.19. The minimum Gasteiger partial charge on any atom is -0.348 e. The van der Waals surface area contributed by atoms with E-state index in [2.05, 4.69) is 5.32 Å². The zero-order valence-corrected chi connectivity index (χ0v) is 10.2. The molecule has 0 fully saturated rings. The molecule has 0 aliphatic rings. The van der Waals surface area contributed by atoms with Crippen LogP contribution in [0.3, 0.4) is 0 Å². The van der Waals surface area contributed by atoms with Crippen LogP contribution in [0.1, 0.15) is 9.75 Å². The van der Waals surface area contributed by atoms with Gasteiger partial charge in [-0.1, -0.05) is 12.1 Å². The van der Waals surface area contributed by atoms with E-state index >= 15 is 0 Å². The number of hydrogen-bond donors (Lipinski definition) is 1. The third-order valence-electron chi connectivity index (χ3n) is 1.96. The second-order valence-corrected chi connectivity index (χ2v) is 5.16. The first kappa shape index (κ1) is 11.1. The molecule has 0 aromatic carbocycles. The van der Waals surface area contributed by atoms with Gasteiger partial charge in [-0.05, 0) is 29.0 Å². The molecule has 4 heteroatoms. The van der Waals surface area contributed by atoms with Gasteiger partial charge in [-0.2, -0.15) is 0 Å². The number of hydrogen-bond acceptors (Lipinski definition) is 3. The van der Waals surface area contributed by atoms with E-state index < -0.39 is 0 Å². The molecule has 2 rings (SSSR count). The van der Waals surface area contributed by atoms with Gasteiger partial charge in [0.2, 0.25) is 5.91 Å². The highest BCUT2D eigenvalue weighted by atomic mass is 32.1. The maximum absolute atomic E-state index is 11.4. The Kier molecular flexibility index (Phi) is 3.91. The number of rotatable bonds is 4. The lowest BCUT2D eigenvalue weighted by atomic mass is 10.4. The van der Waals surface area contributed by atoms with E-state index in [-0.39, 0.29) is 5.91 Å². The summed E-state index contributed by atoms with van der Waals surface area (Å²) in [5.74, 6) is -0.0539. The first-order valence-electron chi connectivity index (χ1n) is 4.86. The van der Waals surface area contributed by atoms with Crippen molar-refractivity contribution in [2.24, 2.45) is 0 Å². The van der Waals surface area contributed by atoms with E-state index in [0.717, 1.165) is 9.75 Å². The van der Waals surface area contributed by atoms with Gasteiger partial charge in [-0.15, -0.1) is 22.7 Å². The van der Waals surface area contributed by atoms with Crippen LogP contribution in [0.4, 0.5) is 0 Å². The number of thiophene rings is 2. The second kappa shape index (κ2) is 5.63. The van der Waals surface area contributed by atoms with Crippen LogP contribution in [-0.4, -0.2) is 5.91 Å². The van der Waals surface area contributed by atoms with Crippen molar-refractivity contribution in [1.82, 2.24) is 5.32 Å². The Morgan fingerprint density at radius 3 is 2.75 bits per heavy atom. The van der Waals surface area contributed by atoms with Crippen molar-refractivity contribution >= 4 is 34.7 Å². The van der Waals surface area contributed by atoms with Gasteiger partial charge in [0.25, 0.3) is 0 Å². The zero-order valence-electron chi connectivity index (χ0n) is 8.55. The fraction of sp³-hybridized carbons (Fsp3) is 0.0833. The molecule has 0 saturated heterocycles. The zero-order chi connectivity index (χ0) is 11.2. The monoisotopic (exact) mass is 249 g/mol. The molecule has 16 heavy (non-hydrogen) atoms. The number of carbonyl (C=O) groups excluding carboxylic acids is 1. The maximum atomic E-state index is 11.4. The van der Waals surface area contributed by atoms with Gasteiger partial charge in [0.1, 0.15) is 0 Å². The number of amides is 1. The average molecular weight is 249 g/mol. The first-order valence-corrected chi connectivity index (χ1v) is 6.62. The van der Waals surface area contributed by atoms with Gasteiger partial charge in [-0.3, -0.25) is 4.79 Å². The molecule has 0 aliphatic carbocycles. The van der Waals surface area contributed by atoms with E-state index in [1.807, 2.05) is 41.1 Å². The van der Waals surface area contributed by atoms with Crippen molar-refractivity contribution < 1.29 is 4.79 Å². The predicted octanol–water partition coefficient (Wildman–Crippen LogP) is 3.14. The molecule has 0 aliphatic heterocycles. The summed E-state index contributed by atoms with van der Waals surface area (Å²) in [5, 5.41) is 6.83. The highest BCUT2D eigenvalue weighted by Crippen LogP contribution is 2.10. The Balaban J connectivity index is 1.81. The van der Waals surface area contributed by atoms with Gasteiger partial charge >= 0.3 is 0 Å². The van der Waals surface area contributed by atoms with Gasteiger partial charge in [-0.25, -0.2) is 0 Å². The van der Waals surface area contributed by atoms with Gasteiger partial charge in [0.05, 0.1) is 6.54 Å². The highest BCUT2D eigenvalue weighted by molar-refractivity contribution is 7.10. The van der Waals surface area contributed by atoms with Crippen molar-refractivity contribution in [2.75, 3.05) is 0 Å². The standard InChI is InChI=1S/C12H11NOS2/c14-12(6-5-10-3-1-7-15-10)13-9-11-4-2-8-16-11/h1-8H,9H2,(H,13,14)/b6-5+. The fourth-order valence-corrected chi connectivity index (χ4v) is 2.45. The molecule has 2 aromatic heterocycles. The summed E-state index contributed by atoms with van der Waals surface area (Å²) in [6, 6.07) is 7.93. The van der Waals surface area contributed by atoms with Crippen LogP contribution in [-0.2, 0) is 11.3 Å². The first-order chi connectivity index (χ1) is 7.84. The minimum absolute atomic E-state index is 0.0539. The molecule has 2 nitrogen and oxygen atoms in total. The van der Waals surface area contributed by atoms with Crippen LogP contribution in [0.2, 0.25) is 0 Å². The molecule has 1 N–H and O–H groups in total. The fourth-order valence-electron chi connectivity index (χ4n) is 1.19. The molecule has 0 spiro atoms. The molecule has 2 heterocycles. The largest absolute Gasteiger partial charge is 0.348 e. The number of nitrogens with one attached hydrogen (secondary N) is 1. The molecule has 0 bridgehead atoms. The molecular formula is C12H11NOS2. The topological polar surface area (TPSA) is 29.1 Å². The Labute approximate surface area is 102 Å². The van der Waals surface area contributed by atoms with E-state index in [0.29, 0.717) is 6.54 Å². The summed E-state index contributed by atoms with van der Waals surface area (Å²) >= 11 is 3.26. The summed E-state index contributed by atoms with van der Waals surface area (Å²) in [4.78, 5) is 13.7. The molecule has 0 atom stereocenters. The van der Waals surface area contributed by atoms with Gasteiger partial charge < -0.3 is 5.32 Å². The maximum Gasteiger partial charge on any atom is 0.244 e. The van der Waals surface area contributed by atoms with Crippen LogP contribution in [0.25, 0.3) is 6.08 Å². The number of carbonyl (C=O) groups is 1. The highest BCUT2D eigenvalue weighted by Gasteiger charge is 1.97. The summed E-state index contributed by atoms with van der Waals surface area (Å²) in [7, 11) is 0. The third-order valence-corrected chi connectivity index (χ3v) is 3.67. The Morgan fingerprint density at radius 1 is 1.25 bits per heavy atom. The van der Waals surface area contributed by atoms with E-state index in [1.165, 1.54) is 0 Å². The Bertz CT molecular complexity index is 457. The van der Waals surface area contributed by atoms with E-state index in [4.69, 9.17) is 0 Å². The van der Waals surface area contributed by atoms with Crippen molar-refractivity contribution in [3.05, 3.63) is 50.9 Å². The smallest absolute Gasteiger partial charge is 0.244 e. The molecular weight excluding hydrogens is 238 g/mol. The Morgan fingerprint density at radius 2 is 2.06 bits per heavy atom. The lowest BCUT2D eigenvalue weighted by Gasteiger charge is -1.98. The molecule has 0 saturated carbocycles. The lowest BCUT2D eigenvalue weighted by molar-refractivity contribution is -0.116. The summed E-state index contributed by atoms with van der Waals surface area (Å²) < 4.78 is 0. The molecule has 82 valence electrons. The molecule has 1 amide bonds. The van der Waals surface area contributed by atoms with Crippen molar-refractivity contribution in [2.45, 2.75) is 6.54 Å². The minimum atomic E-state index is -0.0539. The van der Waals surface area contributed by atoms with E-state index in [1.54, 1.807) is 28.7 Å². The van der Waals surface area contributed by atoms with Crippen LogP contribution < -0.4 is 5.32 Å². The van der Waals surface area contributed by atoms with Gasteiger partial charge in [0.15, 0.2) is 0 Å². The molecule has 0 unspecified atom stereocenters. The molecule has 0 radical (unpaired) electrons. The normalized spacial score (nSPS) is 10.8. The van der Waals surface area contributed by atoms with Crippen LogP contribution in [0, 0.1) is 0 Å². The van der Waals surface area contributed by atoms with Gasteiger partial charge in [0, 0.05) is 15.8 Å². The van der Waals surface area contributed by atoms with Crippen molar-refractivity contribution in [1.29, 1.82) is 0 Å². The SMILES string of the molecule is O=C(/C=C/c1cccs1)NCc1cccs1. The molecule has 2 aromatic rings. The van der Waals surface area contributed by atoms with Crippen LogP contribution in [0.5, 0.6) is 0 Å². The van der Waals surface area contributed by atoms with Crippen molar-refractivity contribution in [3.8, 4) is 0 Å². The third kappa shape index (κ3) is 3.32. The second-order valence-electron chi connectivity index (χ2n) is 3.15. The quantitative estimate of drug-likeness (QED) is 0.829. The average Bonchev–Trinajstić information content (AvgIpc) is 2.96. The van der Waals surface area contributed by atoms with E-state index in [9.17, 15) is 4.79 Å².